The summed E-state index contributed by atoms with van der Waals surface area (Å²) in [7, 11) is 0. The molecule has 0 spiro atoms. The molecule has 4 heteroatoms. The second-order valence-corrected chi connectivity index (χ2v) is 9.58. The average molecular weight is 469 g/mol. The van der Waals surface area contributed by atoms with Crippen LogP contribution < -0.4 is 0 Å². The molecule has 0 atom stereocenters. The number of halogens is 4. The van der Waals surface area contributed by atoms with Gasteiger partial charge < -0.3 is 0 Å². The summed E-state index contributed by atoms with van der Waals surface area (Å²) in [6.07, 6.45) is 8.34. The first-order valence-electron chi connectivity index (χ1n) is 12.3. The lowest BCUT2D eigenvalue weighted by Crippen LogP contribution is -2.13. The van der Waals surface area contributed by atoms with Crippen LogP contribution >= 0.6 is 0 Å². The fourth-order valence-corrected chi connectivity index (χ4v) is 5.22. The van der Waals surface area contributed by atoms with Gasteiger partial charge in [0.15, 0.2) is 0 Å². The van der Waals surface area contributed by atoms with Crippen molar-refractivity contribution in [3.05, 3.63) is 94.8 Å². The Hall–Kier alpha value is -2.62. The molecule has 1 fully saturated rings. The number of alkyl halides is 3. The smallest absolute Gasteiger partial charge is 0.206 e. The SMILES string of the molecule is C/C=C/CCC1CCC(c2ccc3c(F)c(CCc4ccc(C(F)(F)F)cc4)ccc3c2)CC1. The van der Waals surface area contributed by atoms with Crippen molar-refractivity contribution in [2.24, 2.45) is 5.92 Å². The van der Waals surface area contributed by atoms with Crippen molar-refractivity contribution >= 4 is 10.8 Å². The fraction of sp³-hybridized carbons (Fsp3) is 0.400. The van der Waals surface area contributed by atoms with Crippen molar-refractivity contribution in [2.45, 2.75) is 70.4 Å². The van der Waals surface area contributed by atoms with Gasteiger partial charge in [-0.25, -0.2) is 4.39 Å². The molecule has 0 unspecified atom stereocenters. The van der Waals surface area contributed by atoms with E-state index in [1.54, 1.807) is 0 Å². The molecule has 0 bridgehead atoms. The molecule has 0 saturated heterocycles. The fourth-order valence-electron chi connectivity index (χ4n) is 5.22. The van der Waals surface area contributed by atoms with Gasteiger partial charge >= 0.3 is 6.18 Å². The Kier molecular flexibility index (Phi) is 7.75. The zero-order chi connectivity index (χ0) is 24.1. The molecule has 3 aromatic rings. The Balaban J connectivity index is 1.40. The molecule has 0 amide bonds. The number of hydrogen-bond donors (Lipinski definition) is 0. The highest BCUT2D eigenvalue weighted by Gasteiger charge is 2.30. The summed E-state index contributed by atoms with van der Waals surface area (Å²) >= 11 is 0. The number of hydrogen-bond acceptors (Lipinski definition) is 0. The quantitative estimate of drug-likeness (QED) is 0.239. The minimum absolute atomic E-state index is 0.219. The summed E-state index contributed by atoms with van der Waals surface area (Å²) in [5, 5.41) is 1.54. The average Bonchev–Trinajstić information content (AvgIpc) is 2.84. The third-order valence-electron chi connectivity index (χ3n) is 7.32. The lowest BCUT2D eigenvalue weighted by molar-refractivity contribution is -0.137. The van der Waals surface area contributed by atoms with Gasteiger partial charge in [-0.2, -0.15) is 13.2 Å². The van der Waals surface area contributed by atoms with E-state index in [-0.39, 0.29) is 5.82 Å². The predicted octanol–water partition coefficient (Wildman–Crippen LogP) is 9.41. The van der Waals surface area contributed by atoms with E-state index in [0.29, 0.717) is 29.7 Å². The van der Waals surface area contributed by atoms with Crippen molar-refractivity contribution in [3.63, 3.8) is 0 Å². The zero-order valence-electron chi connectivity index (χ0n) is 19.7. The van der Waals surface area contributed by atoms with Crippen LogP contribution in [0.1, 0.15) is 73.6 Å². The molecule has 180 valence electrons. The van der Waals surface area contributed by atoms with E-state index < -0.39 is 11.7 Å². The van der Waals surface area contributed by atoms with Gasteiger partial charge in [-0.15, -0.1) is 0 Å². The van der Waals surface area contributed by atoms with E-state index in [9.17, 15) is 13.2 Å². The van der Waals surface area contributed by atoms with Crippen molar-refractivity contribution in [2.75, 3.05) is 0 Å². The lowest BCUT2D eigenvalue weighted by atomic mass is 9.77. The van der Waals surface area contributed by atoms with Gasteiger partial charge in [0.05, 0.1) is 5.56 Å². The molecule has 1 aliphatic carbocycles. The monoisotopic (exact) mass is 468 g/mol. The first-order chi connectivity index (χ1) is 16.3. The van der Waals surface area contributed by atoms with Crippen LogP contribution in [0, 0.1) is 11.7 Å². The van der Waals surface area contributed by atoms with E-state index in [4.69, 9.17) is 0 Å². The summed E-state index contributed by atoms with van der Waals surface area (Å²) in [5.74, 6) is 1.14. The minimum Gasteiger partial charge on any atom is -0.206 e. The van der Waals surface area contributed by atoms with E-state index in [0.717, 1.165) is 29.0 Å². The third kappa shape index (κ3) is 5.89. The molecule has 0 nitrogen and oxygen atoms in total. The highest BCUT2D eigenvalue weighted by Crippen LogP contribution is 2.39. The number of aryl methyl sites for hydroxylation is 2. The summed E-state index contributed by atoms with van der Waals surface area (Å²) in [4.78, 5) is 0. The molecule has 34 heavy (non-hydrogen) atoms. The van der Waals surface area contributed by atoms with Gasteiger partial charge in [0.1, 0.15) is 5.82 Å². The second-order valence-electron chi connectivity index (χ2n) is 9.58. The van der Waals surface area contributed by atoms with E-state index >= 15 is 4.39 Å². The Morgan fingerprint density at radius 3 is 2.29 bits per heavy atom. The van der Waals surface area contributed by atoms with Gasteiger partial charge in [-0.05, 0) is 104 Å². The van der Waals surface area contributed by atoms with Crippen molar-refractivity contribution in [1.82, 2.24) is 0 Å². The molecule has 0 aliphatic heterocycles. The third-order valence-corrected chi connectivity index (χ3v) is 7.32. The maximum atomic E-state index is 15.2. The number of benzene rings is 3. The van der Waals surface area contributed by atoms with E-state index in [2.05, 4.69) is 31.2 Å². The standard InChI is InChI=1S/C30H32F4/c1-2-3-4-5-21-6-11-23(12-7-21)25-16-19-28-26(20-25)15-14-24(29(28)31)13-8-22-9-17-27(18-10-22)30(32,33)34/h2-3,9-10,14-21,23H,4-8,11-13H2,1H3/b3-2+. The summed E-state index contributed by atoms with van der Waals surface area (Å²) in [5.41, 5.74) is 2.01. The van der Waals surface area contributed by atoms with Crippen LogP contribution in [0.25, 0.3) is 10.8 Å². The topological polar surface area (TPSA) is 0 Å². The number of rotatable bonds is 7. The summed E-state index contributed by atoms with van der Waals surface area (Å²) in [6, 6.07) is 15.0. The van der Waals surface area contributed by atoms with E-state index in [1.165, 1.54) is 56.2 Å². The molecular weight excluding hydrogens is 436 g/mol. The van der Waals surface area contributed by atoms with Crippen LogP contribution in [0.5, 0.6) is 0 Å². The minimum atomic E-state index is -4.34. The Morgan fingerprint density at radius 1 is 0.882 bits per heavy atom. The van der Waals surface area contributed by atoms with Crippen LogP contribution in [0.4, 0.5) is 17.6 Å². The molecule has 0 radical (unpaired) electrons. The number of fused-ring (bicyclic) bond motifs is 1. The van der Waals surface area contributed by atoms with Crippen LogP contribution in [-0.4, -0.2) is 0 Å². The van der Waals surface area contributed by atoms with E-state index in [1.807, 2.05) is 18.2 Å². The molecule has 4 rings (SSSR count). The molecule has 0 aromatic heterocycles. The summed E-state index contributed by atoms with van der Waals surface area (Å²) < 4.78 is 53.4. The largest absolute Gasteiger partial charge is 0.416 e. The van der Waals surface area contributed by atoms with Crippen molar-refractivity contribution in [1.29, 1.82) is 0 Å². The second kappa shape index (κ2) is 10.8. The van der Waals surface area contributed by atoms with Crippen molar-refractivity contribution in [3.8, 4) is 0 Å². The van der Waals surface area contributed by atoms with Gasteiger partial charge in [-0.1, -0.05) is 54.6 Å². The molecule has 3 aromatic carbocycles. The Bertz CT molecular complexity index is 1120. The Morgan fingerprint density at radius 2 is 1.62 bits per heavy atom. The maximum Gasteiger partial charge on any atom is 0.416 e. The normalized spacial score (nSPS) is 19.2. The van der Waals surface area contributed by atoms with Crippen LogP contribution in [-0.2, 0) is 19.0 Å². The van der Waals surface area contributed by atoms with Crippen LogP contribution in [0.3, 0.4) is 0 Å². The summed E-state index contributed by atoms with van der Waals surface area (Å²) in [6.45, 7) is 2.07. The van der Waals surface area contributed by atoms with Gasteiger partial charge in [-0.3, -0.25) is 0 Å². The van der Waals surface area contributed by atoms with Crippen molar-refractivity contribution < 1.29 is 17.6 Å². The van der Waals surface area contributed by atoms with Gasteiger partial charge in [0.25, 0.3) is 0 Å². The molecule has 0 N–H and O–H groups in total. The molecular formula is C30H32F4. The first kappa shape index (κ1) is 24.5. The van der Waals surface area contributed by atoms with Gasteiger partial charge in [0, 0.05) is 5.39 Å². The van der Waals surface area contributed by atoms with Crippen LogP contribution in [0.2, 0.25) is 0 Å². The predicted molar refractivity (Wildman–Crippen MR) is 132 cm³/mol. The zero-order valence-corrected chi connectivity index (χ0v) is 19.7. The molecule has 1 aliphatic rings. The highest BCUT2D eigenvalue weighted by molar-refractivity contribution is 5.84. The number of allylic oxidation sites excluding steroid dienone is 2. The Labute approximate surface area is 199 Å². The van der Waals surface area contributed by atoms with Gasteiger partial charge in [0.2, 0.25) is 0 Å². The molecule has 1 saturated carbocycles. The highest BCUT2D eigenvalue weighted by atomic mass is 19.4. The first-order valence-corrected chi connectivity index (χ1v) is 12.3. The van der Waals surface area contributed by atoms with Crippen LogP contribution in [0.15, 0.2) is 66.7 Å². The lowest BCUT2D eigenvalue weighted by Gasteiger charge is -2.29. The maximum absolute atomic E-state index is 15.2. The molecule has 0 heterocycles.